The second-order valence-corrected chi connectivity index (χ2v) is 10.0. The Morgan fingerprint density at radius 3 is 2.47 bits per heavy atom. The maximum absolute atomic E-state index is 13.0. The fourth-order valence-corrected chi connectivity index (χ4v) is 5.05. The van der Waals surface area contributed by atoms with Crippen molar-refractivity contribution in [1.82, 2.24) is 9.47 Å². The maximum atomic E-state index is 13.0. The highest BCUT2D eigenvalue weighted by molar-refractivity contribution is 8.18. The predicted molar refractivity (Wildman–Crippen MR) is 139 cm³/mol. The second-order valence-electron chi connectivity index (χ2n) is 8.21. The number of hydrogen-bond acceptors (Lipinski definition) is 4. The van der Waals surface area contributed by atoms with Crippen LogP contribution in [-0.2, 0) is 4.79 Å². The molecule has 0 radical (unpaired) electrons. The van der Waals surface area contributed by atoms with Crippen molar-refractivity contribution in [3.05, 3.63) is 85.5 Å². The maximum Gasteiger partial charge on any atom is 0.293 e. The van der Waals surface area contributed by atoms with Crippen LogP contribution in [0.2, 0.25) is 10.0 Å². The molecule has 0 spiro atoms. The Morgan fingerprint density at radius 2 is 1.74 bits per heavy atom. The third-order valence-electron chi connectivity index (χ3n) is 5.71. The standard InChI is InChI=1S/C26H24Cl2N2O3S/c1-15-5-6-16(2)23(11-15)33-10-9-29-25(31)24(34-26(29)32)13-19-12-17(3)30(18(19)4)20-7-8-21(27)22(28)14-20/h5-8,11-14H,9-10H2,1-4H3/b24-13-. The highest BCUT2D eigenvalue weighted by Gasteiger charge is 2.35. The summed E-state index contributed by atoms with van der Waals surface area (Å²) in [6.07, 6.45) is 1.77. The first-order chi connectivity index (χ1) is 16.2. The Bertz CT molecular complexity index is 1330. The Morgan fingerprint density at radius 1 is 0.971 bits per heavy atom. The number of aromatic nitrogens is 1. The lowest BCUT2D eigenvalue weighted by molar-refractivity contribution is -0.123. The summed E-state index contributed by atoms with van der Waals surface area (Å²) in [7, 11) is 0. The minimum absolute atomic E-state index is 0.192. The van der Waals surface area contributed by atoms with E-state index in [-0.39, 0.29) is 24.3 Å². The monoisotopic (exact) mass is 514 g/mol. The number of amides is 2. The normalized spacial score (nSPS) is 15.0. The number of imide groups is 1. The van der Waals surface area contributed by atoms with Crippen LogP contribution in [0.5, 0.6) is 5.75 Å². The zero-order chi connectivity index (χ0) is 24.6. The van der Waals surface area contributed by atoms with Crippen LogP contribution in [0, 0.1) is 27.7 Å². The molecule has 1 fully saturated rings. The average Bonchev–Trinajstić information content (AvgIpc) is 3.21. The summed E-state index contributed by atoms with van der Waals surface area (Å²) >= 11 is 13.2. The van der Waals surface area contributed by atoms with E-state index < -0.39 is 0 Å². The number of carbonyl (C=O) groups excluding carboxylic acids is 2. The zero-order valence-electron chi connectivity index (χ0n) is 19.3. The van der Waals surface area contributed by atoms with Crippen molar-refractivity contribution in [1.29, 1.82) is 0 Å². The van der Waals surface area contributed by atoms with E-state index in [1.165, 1.54) is 4.90 Å². The molecule has 176 valence electrons. The third kappa shape index (κ3) is 4.90. The van der Waals surface area contributed by atoms with Crippen molar-refractivity contribution < 1.29 is 14.3 Å². The number of rotatable bonds is 6. The van der Waals surface area contributed by atoms with Gasteiger partial charge in [0.2, 0.25) is 0 Å². The Balaban J connectivity index is 1.51. The lowest BCUT2D eigenvalue weighted by Crippen LogP contribution is -2.32. The van der Waals surface area contributed by atoms with Crippen LogP contribution in [0.25, 0.3) is 11.8 Å². The van der Waals surface area contributed by atoms with Gasteiger partial charge in [0.05, 0.1) is 21.5 Å². The topological polar surface area (TPSA) is 51.5 Å². The van der Waals surface area contributed by atoms with Crippen LogP contribution in [0.15, 0.2) is 47.4 Å². The summed E-state index contributed by atoms with van der Waals surface area (Å²) < 4.78 is 7.87. The van der Waals surface area contributed by atoms with E-state index in [1.54, 1.807) is 18.2 Å². The van der Waals surface area contributed by atoms with Gasteiger partial charge < -0.3 is 9.30 Å². The highest BCUT2D eigenvalue weighted by atomic mass is 35.5. The quantitative estimate of drug-likeness (QED) is 0.328. The summed E-state index contributed by atoms with van der Waals surface area (Å²) in [6.45, 7) is 8.32. The van der Waals surface area contributed by atoms with Crippen LogP contribution >= 0.6 is 35.0 Å². The fourth-order valence-electron chi connectivity index (χ4n) is 3.90. The molecule has 0 saturated carbocycles. The molecular formula is C26H24Cl2N2O3S. The van der Waals surface area contributed by atoms with Gasteiger partial charge in [-0.3, -0.25) is 14.5 Å². The molecule has 1 aromatic heterocycles. The third-order valence-corrected chi connectivity index (χ3v) is 7.35. The van der Waals surface area contributed by atoms with Crippen LogP contribution < -0.4 is 4.74 Å². The van der Waals surface area contributed by atoms with E-state index in [9.17, 15) is 9.59 Å². The number of aryl methyl sites for hydroxylation is 3. The van der Waals surface area contributed by atoms with Crippen molar-refractivity contribution >= 4 is 52.2 Å². The van der Waals surface area contributed by atoms with Gasteiger partial charge in [-0.05, 0) is 92.6 Å². The molecule has 0 bridgehead atoms. The summed E-state index contributed by atoms with van der Waals surface area (Å²) in [6, 6.07) is 13.4. The molecule has 0 aliphatic carbocycles. The minimum Gasteiger partial charge on any atom is -0.491 e. The molecule has 2 aromatic carbocycles. The molecule has 2 amide bonds. The number of benzene rings is 2. The number of halogens is 2. The number of nitrogens with zero attached hydrogens (tertiary/aromatic N) is 2. The number of thioether (sulfide) groups is 1. The second kappa shape index (κ2) is 9.90. The van der Waals surface area contributed by atoms with Crippen molar-refractivity contribution in [2.75, 3.05) is 13.2 Å². The number of ether oxygens (including phenoxy) is 1. The van der Waals surface area contributed by atoms with E-state index in [2.05, 4.69) is 0 Å². The van der Waals surface area contributed by atoms with Gasteiger partial charge in [-0.2, -0.15) is 0 Å². The van der Waals surface area contributed by atoms with Crippen LogP contribution in [0.1, 0.15) is 28.1 Å². The van der Waals surface area contributed by atoms with Crippen molar-refractivity contribution in [3.8, 4) is 11.4 Å². The lowest BCUT2D eigenvalue weighted by Gasteiger charge is -2.14. The van der Waals surface area contributed by atoms with E-state index in [0.29, 0.717) is 15.0 Å². The summed E-state index contributed by atoms with van der Waals surface area (Å²) in [5.41, 5.74) is 5.75. The largest absolute Gasteiger partial charge is 0.491 e. The van der Waals surface area contributed by atoms with Crippen LogP contribution in [-0.4, -0.2) is 33.8 Å². The molecule has 1 saturated heterocycles. The first-order valence-electron chi connectivity index (χ1n) is 10.8. The van der Waals surface area contributed by atoms with E-state index in [0.717, 1.165) is 51.3 Å². The molecule has 4 rings (SSSR count). The number of carbonyl (C=O) groups is 2. The first-order valence-corrected chi connectivity index (χ1v) is 12.3. The highest BCUT2D eigenvalue weighted by Crippen LogP contribution is 2.34. The Labute approximate surface area is 213 Å². The summed E-state index contributed by atoms with van der Waals surface area (Å²) in [5.74, 6) is 0.455. The lowest BCUT2D eigenvalue weighted by atomic mass is 10.1. The van der Waals surface area contributed by atoms with Gasteiger partial charge >= 0.3 is 0 Å². The van der Waals surface area contributed by atoms with Gasteiger partial charge in [0.15, 0.2) is 0 Å². The minimum atomic E-state index is -0.307. The molecule has 3 aromatic rings. The fraction of sp³-hybridized carbons (Fsp3) is 0.231. The molecule has 1 aliphatic rings. The van der Waals surface area contributed by atoms with Crippen molar-refractivity contribution in [3.63, 3.8) is 0 Å². The first kappa shape index (κ1) is 24.5. The van der Waals surface area contributed by atoms with E-state index in [1.807, 2.05) is 62.6 Å². The average molecular weight is 515 g/mol. The molecule has 5 nitrogen and oxygen atoms in total. The molecule has 34 heavy (non-hydrogen) atoms. The Hall–Kier alpha value is -2.67. The van der Waals surface area contributed by atoms with Gasteiger partial charge in [-0.15, -0.1) is 0 Å². The van der Waals surface area contributed by atoms with Gasteiger partial charge in [-0.25, -0.2) is 0 Å². The van der Waals surface area contributed by atoms with E-state index >= 15 is 0 Å². The summed E-state index contributed by atoms with van der Waals surface area (Å²) in [5, 5.41) is 0.667. The van der Waals surface area contributed by atoms with Crippen molar-refractivity contribution in [2.45, 2.75) is 27.7 Å². The van der Waals surface area contributed by atoms with Crippen molar-refractivity contribution in [2.24, 2.45) is 0 Å². The molecule has 0 N–H and O–H groups in total. The SMILES string of the molecule is Cc1ccc(C)c(OCCN2C(=O)S/C(=C\c3cc(C)n(-c4ccc(Cl)c(Cl)c4)c3C)C2=O)c1. The van der Waals surface area contributed by atoms with E-state index in [4.69, 9.17) is 27.9 Å². The van der Waals surface area contributed by atoms with Gasteiger partial charge in [0, 0.05) is 17.1 Å². The molecular weight excluding hydrogens is 491 g/mol. The molecule has 0 atom stereocenters. The molecule has 2 heterocycles. The van der Waals surface area contributed by atoms with Crippen LogP contribution in [0.4, 0.5) is 4.79 Å². The smallest absolute Gasteiger partial charge is 0.293 e. The van der Waals surface area contributed by atoms with Gasteiger partial charge in [0.1, 0.15) is 12.4 Å². The van der Waals surface area contributed by atoms with Gasteiger partial charge in [-0.1, -0.05) is 35.3 Å². The number of hydrogen-bond donors (Lipinski definition) is 0. The molecule has 1 aliphatic heterocycles. The Kier molecular flexibility index (Phi) is 7.12. The van der Waals surface area contributed by atoms with Gasteiger partial charge in [0.25, 0.3) is 11.1 Å². The summed E-state index contributed by atoms with van der Waals surface area (Å²) in [4.78, 5) is 27.1. The van der Waals surface area contributed by atoms with Crippen LogP contribution in [0.3, 0.4) is 0 Å². The molecule has 0 unspecified atom stereocenters. The zero-order valence-corrected chi connectivity index (χ0v) is 21.6. The molecule has 8 heteroatoms. The predicted octanol–water partition coefficient (Wildman–Crippen LogP) is 7.13.